The van der Waals surface area contributed by atoms with Crippen LogP contribution in [0.5, 0.6) is 0 Å². The lowest BCUT2D eigenvalue weighted by Crippen LogP contribution is -2.24. The molecule has 154 valence electrons. The first-order chi connectivity index (χ1) is 14.2. The number of hydrogen-bond acceptors (Lipinski definition) is 6. The van der Waals surface area contributed by atoms with E-state index in [1.165, 1.54) is 54.1 Å². The van der Waals surface area contributed by atoms with Crippen molar-refractivity contribution in [2.75, 3.05) is 5.32 Å². The minimum Gasteiger partial charge on any atom is -0.369 e. The highest BCUT2D eigenvalue weighted by Gasteiger charge is 2.13. The summed E-state index contributed by atoms with van der Waals surface area (Å²) in [5, 5.41) is 4.24. The first-order valence-corrected chi connectivity index (χ1v) is 11.0. The minimum atomic E-state index is -3.94. The quantitative estimate of drug-likeness (QED) is 0.212. The Bertz CT molecular complexity index is 1210. The molecule has 0 spiro atoms. The SMILES string of the molecule is NC(N)=NS(=O)(=O)c1ccc(N/C=C\C(=O)c2cnc(-c3ccc(Cl)cc3)s2)cc1. The summed E-state index contributed by atoms with van der Waals surface area (Å²) in [4.78, 5) is 17.0. The number of guanidine groups is 1. The third-order valence-electron chi connectivity index (χ3n) is 3.70. The van der Waals surface area contributed by atoms with E-state index in [0.717, 1.165) is 5.56 Å². The fraction of sp³-hybridized carbons (Fsp3) is 0. The fourth-order valence-corrected chi connectivity index (χ4v) is 4.15. The van der Waals surface area contributed by atoms with Gasteiger partial charge in [-0.2, -0.15) is 8.42 Å². The van der Waals surface area contributed by atoms with Crippen molar-refractivity contribution in [3.8, 4) is 10.6 Å². The number of carbonyl (C=O) groups excluding carboxylic acids is 1. The lowest BCUT2D eigenvalue weighted by molar-refractivity contribution is 0.105. The van der Waals surface area contributed by atoms with Crippen LogP contribution in [0.3, 0.4) is 0 Å². The van der Waals surface area contributed by atoms with E-state index in [4.69, 9.17) is 23.1 Å². The molecule has 2 aromatic carbocycles. The largest absolute Gasteiger partial charge is 0.369 e. The first-order valence-electron chi connectivity index (χ1n) is 8.40. The lowest BCUT2D eigenvalue weighted by Gasteiger charge is -2.03. The van der Waals surface area contributed by atoms with Crippen LogP contribution in [0, 0.1) is 0 Å². The molecule has 0 aliphatic heterocycles. The number of ketones is 1. The van der Waals surface area contributed by atoms with E-state index >= 15 is 0 Å². The summed E-state index contributed by atoms with van der Waals surface area (Å²) in [6.45, 7) is 0. The number of thiazole rings is 1. The van der Waals surface area contributed by atoms with Gasteiger partial charge in [-0.1, -0.05) is 23.7 Å². The molecule has 8 nitrogen and oxygen atoms in total. The number of carbonyl (C=O) groups is 1. The van der Waals surface area contributed by atoms with E-state index < -0.39 is 16.0 Å². The van der Waals surface area contributed by atoms with E-state index in [-0.39, 0.29) is 10.7 Å². The number of aromatic nitrogens is 1. The summed E-state index contributed by atoms with van der Waals surface area (Å²) in [7, 11) is -3.94. The van der Waals surface area contributed by atoms with E-state index in [1.54, 1.807) is 12.1 Å². The summed E-state index contributed by atoms with van der Waals surface area (Å²) in [6, 6.07) is 12.9. The molecule has 0 aliphatic rings. The van der Waals surface area contributed by atoms with Crippen molar-refractivity contribution >= 4 is 50.4 Å². The van der Waals surface area contributed by atoms with Crippen molar-refractivity contribution in [2.45, 2.75) is 4.90 Å². The third kappa shape index (κ3) is 5.44. The molecular formula is C19H16ClN5O3S2. The van der Waals surface area contributed by atoms with Gasteiger partial charge >= 0.3 is 0 Å². The van der Waals surface area contributed by atoms with Crippen LogP contribution in [0.15, 0.2) is 76.3 Å². The Balaban J connectivity index is 1.64. The van der Waals surface area contributed by atoms with Gasteiger partial charge in [-0.3, -0.25) is 4.79 Å². The number of benzene rings is 2. The average Bonchev–Trinajstić information content (AvgIpc) is 3.18. The zero-order valence-electron chi connectivity index (χ0n) is 15.3. The van der Waals surface area contributed by atoms with Gasteiger partial charge in [-0.15, -0.1) is 15.7 Å². The van der Waals surface area contributed by atoms with Crippen molar-refractivity contribution in [3.05, 3.63) is 76.9 Å². The van der Waals surface area contributed by atoms with Crippen molar-refractivity contribution < 1.29 is 13.2 Å². The maximum absolute atomic E-state index is 12.3. The molecule has 0 saturated heterocycles. The molecule has 3 aromatic rings. The van der Waals surface area contributed by atoms with Gasteiger partial charge in [0.05, 0.1) is 9.77 Å². The maximum atomic E-state index is 12.3. The molecule has 30 heavy (non-hydrogen) atoms. The first kappa shape index (κ1) is 21.5. The molecule has 0 aliphatic carbocycles. The van der Waals surface area contributed by atoms with E-state index in [1.807, 2.05) is 12.1 Å². The summed E-state index contributed by atoms with van der Waals surface area (Å²) >= 11 is 7.15. The Morgan fingerprint density at radius 3 is 2.40 bits per heavy atom. The second-order valence-corrected chi connectivity index (χ2v) is 8.97. The van der Waals surface area contributed by atoms with E-state index in [2.05, 4.69) is 14.7 Å². The number of rotatable bonds is 7. The Morgan fingerprint density at radius 2 is 1.77 bits per heavy atom. The lowest BCUT2D eigenvalue weighted by atomic mass is 10.2. The summed E-state index contributed by atoms with van der Waals surface area (Å²) in [5.74, 6) is -0.756. The third-order valence-corrected chi connectivity index (χ3v) is 6.33. The predicted molar refractivity (Wildman–Crippen MR) is 119 cm³/mol. The van der Waals surface area contributed by atoms with Gasteiger partial charge in [0.2, 0.25) is 5.96 Å². The topological polar surface area (TPSA) is 141 Å². The highest BCUT2D eigenvalue weighted by Crippen LogP contribution is 2.26. The second-order valence-electron chi connectivity index (χ2n) is 5.89. The van der Waals surface area contributed by atoms with Gasteiger partial charge in [-0.05, 0) is 36.4 Å². The van der Waals surface area contributed by atoms with E-state index in [0.29, 0.717) is 20.6 Å². The van der Waals surface area contributed by atoms with Crippen LogP contribution in [0.25, 0.3) is 10.6 Å². The zero-order chi connectivity index (χ0) is 21.7. The van der Waals surface area contributed by atoms with Crippen LogP contribution >= 0.6 is 22.9 Å². The molecule has 0 amide bonds. The Morgan fingerprint density at radius 1 is 1.10 bits per heavy atom. The van der Waals surface area contributed by atoms with Crippen molar-refractivity contribution in [2.24, 2.45) is 15.9 Å². The number of anilines is 1. The summed E-state index contributed by atoms with van der Waals surface area (Å²) < 4.78 is 27.0. The number of allylic oxidation sites excluding steroid dienone is 1. The van der Waals surface area contributed by atoms with Gasteiger partial charge in [0, 0.05) is 34.7 Å². The molecule has 0 atom stereocenters. The standard InChI is InChI=1S/C19H16ClN5O3S2/c20-13-3-1-12(2-4-13)18-24-11-17(29-18)16(26)9-10-23-14-5-7-15(8-6-14)30(27,28)25-19(21)22/h1-11,23H,(H4,21,22,25)/b10-9-. The fourth-order valence-electron chi connectivity index (χ4n) is 2.32. The molecule has 0 fully saturated rings. The smallest absolute Gasteiger partial charge is 0.285 e. The highest BCUT2D eigenvalue weighted by atomic mass is 35.5. The normalized spacial score (nSPS) is 11.4. The molecular weight excluding hydrogens is 446 g/mol. The Hall–Kier alpha value is -3.21. The van der Waals surface area contributed by atoms with Crippen LogP contribution < -0.4 is 16.8 Å². The molecule has 1 aromatic heterocycles. The predicted octanol–water partition coefficient (Wildman–Crippen LogP) is 3.23. The van der Waals surface area contributed by atoms with Gasteiger partial charge in [0.15, 0.2) is 5.78 Å². The average molecular weight is 462 g/mol. The number of sulfonamides is 1. The van der Waals surface area contributed by atoms with Crippen molar-refractivity contribution in [3.63, 3.8) is 0 Å². The summed E-state index contributed by atoms with van der Waals surface area (Å²) in [5.41, 5.74) is 11.7. The molecule has 1 heterocycles. The highest BCUT2D eigenvalue weighted by molar-refractivity contribution is 7.90. The Labute approximate surface area is 182 Å². The van der Waals surface area contributed by atoms with Gasteiger partial charge in [0.25, 0.3) is 10.0 Å². The molecule has 0 radical (unpaired) electrons. The molecule has 11 heteroatoms. The molecule has 0 unspecified atom stereocenters. The van der Waals surface area contributed by atoms with Crippen LogP contribution in [-0.2, 0) is 10.0 Å². The van der Waals surface area contributed by atoms with Crippen LogP contribution in [0.4, 0.5) is 5.69 Å². The molecule has 5 N–H and O–H groups in total. The number of halogens is 1. The van der Waals surface area contributed by atoms with Crippen LogP contribution in [0.2, 0.25) is 5.02 Å². The number of nitrogens with two attached hydrogens (primary N) is 2. The summed E-state index contributed by atoms with van der Waals surface area (Å²) in [6.07, 6.45) is 4.34. The van der Waals surface area contributed by atoms with E-state index in [9.17, 15) is 13.2 Å². The number of nitrogens with one attached hydrogen (secondary N) is 1. The molecule has 0 bridgehead atoms. The number of hydrogen-bond donors (Lipinski definition) is 3. The van der Waals surface area contributed by atoms with Crippen molar-refractivity contribution in [1.29, 1.82) is 0 Å². The Kier molecular flexibility index (Phi) is 6.50. The van der Waals surface area contributed by atoms with Gasteiger partial charge < -0.3 is 16.8 Å². The monoisotopic (exact) mass is 461 g/mol. The van der Waals surface area contributed by atoms with Gasteiger partial charge in [-0.25, -0.2) is 4.98 Å². The van der Waals surface area contributed by atoms with Crippen molar-refractivity contribution in [1.82, 2.24) is 4.98 Å². The van der Waals surface area contributed by atoms with Crippen LogP contribution in [0.1, 0.15) is 9.67 Å². The molecule has 3 rings (SSSR count). The van der Waals surface area contributed by atoms with Gasteiger partial charge in [0.1, 0.15) is 5.01 Å². The maximum Gasteiger partial charge on any atom is 0.285 e. The minimum absolute atomic E-state index is 0.0547. The number of nitrogens with zero attached hydrogens (tertiary/aromatic N) is 2. The second kappa shape index (κ2) is 9.08. The zero-order valence-corrected chi connectivity index (χ0v) is 17.7. The van der Waals surface area contributed by atoms with Crippen LogP contribution in [-0.4, -0.2) is 25.1 Å². The molecule has 0 saturated carbocycles.